The van der Waals surface area contributed by atoms with Gasteiger partial charge in [0.15, 0.2) is 5.65 Å². The highest BCUT2D eigenvalue weighted by molar-refractivity contribution is 5.91. The first-order valence-corrected chi connectivity index (χ1v) is 8.81. The Bertz CT molecular complexity index is 1010. The Hall–Kier alpha value is -3.09. The number of benzene rings is 1. The maximum Gasteiger partial charge on any atom is 0.350 e. The van der Waals surface area contributed by atoms with E-state index in [9.17, 15) is 9.59 Å². The summed E-state index contributed by atoms with van der Waals surface area (Å²) < 4.78 is 2.60. The Balaban J connectivity index is 1.48. The number of carbonyl (C=O) groups excluding carboxylic acids is 1. The van der Waals surface area contributed by atoms with Crippen molar-refractivity contribution in [1.82, 2.24) is 14.2 Å². The summed E-state index contributed by atoms with van der Waals surface area (Å²) in [6, 6.07) is 11.2. The minimum Gasteiger partial charge on any atom is -0.371 e. The van der Waals surface area contributed by atoms with Gasteiger partial charge in [-0.05, 0) is 55.7 Å². The van der Waals surface area contributed by atoms with Crippen molar-refractivity contribution in [2.24, 2.45) is 0 Å². The molecule has 0 unspecified atom stereocenters. The van der Waals surface area contributed by atoms with Crippen LogP contribution in [0.1, 0.15) is 18.4 Å². The number of carbonyl (C=O) groups is 1. The first-order chi connectivity index (χ1) is 12.6. The predicted octanol–water partition coefficient (Wildman–Crippen LogP) is 2.04. The molecule has 1 fully saturated rings. The molecular weight excluding hydrogens is 330 g/mol. The molecule has 1 aromatic carbocycles. The van der Waals surface area contributed by atoms with Crippen LogP contribution in [-0.2, 0) is 11.3 Å². The third-order valence-electron chi connectivity index (χ3n) is 4.71. The van der Waals surface area contributed by atoms with Crippen LogP contribution in [0.3, 0.4) is 0 Å². The van der Waals surface area contributed by atoms with Crippen molar-refractivity contribution in [1.29, 1.82) is 0 Å². The zero-order chi connectivity index (χ0) is 18.1. The van der Waals surface area contributed by atoms with Crippen molar-refractivity contribution in [2.75, 3.05) is 23.3 Å². The standard InChI is InChI=1S/C19H21N5O2/c1-14-12-15(7-8-16(14)22-9-4-5-10-22)20-18(25)13-24-19(26)23-11-3-2-6-17(23)21-24/h2-3,6-8,11-12H,4-5,9-10,13H2,1H3,(H,20,25). The Morgan fingerprint density at radius 1 is 1.19 bits per heavy atom. The van der Waals surface area contributed by atoms with Gasteiger partial charge in [0.2, 0.25) is 5.91 Å². The monoisotopic (exact) mass is 351 g/mol. The molecule has 1 saturated heterocycles. The van der Waals surface area contributed by atoms with Gasteiger partial charge in [0, 0.05) is 30.7 Å². The van der Waals surface area contributed by atoms with E-state index in [1.54, 1.807) is 24.4 Å². The summed E-state index contributed by atoms with van der Waals surface area (Å²) in [7, 11) is 0. The van der Waals surface area contributed by atoms with Gasteiger partial charge >= 0.3 is 5.69 Å². The molecule has 3 heterocycles. The summed E-state index contributed by atoms with van der Waals surface area (Å²) >= 11 is 0. The van der Waals surface area contributed by atoms with Crippen LogP contribution in [0.4, 0.5) is 11.4 Å². The van der Waals surface area contributed by atoms with Crippen LogP contribution in [0.25, 0.3) is 5.65 Å². The first kappa shape index (κ1) is 16.4. The fourth-order valence-electron chi connectivity index (χ4n) is 3.45. The SMILES string of the molecule is Cc1cc(NC(=O)Cn2nc3ccccn3c2=O)ccc1N1CCCC1. The molecule has 1 aliphatic rings. The van der Waals surface area contributed by atoms with Crippen LogP contribution in [0.2, 0.25) is 0 Å². The lowest BCUT2D eigenvalue weighted by Gasteiger charge is -2.20. The molecule has 7 heteroatoms. The molecule has 0 atom stereocenters. The van der Waals surface area contributed by atoms with E-state index in [2.05, 4.69) is 22.2 Å². The Kier molecular flexibility index (Phi) is 4.20. The normalized spacial score (nSPS) is 14.1. The summed E-state index contributed by atoms with van der Waals surface area (Å²) in [4.78, 5) is 26.9. The lowest BCUT2D eigenvalue weighted by molar-refractivity contribution is -0.117. The van der Waals surface area contributed by atoms with E-state index >= 15 is 0 Å². The van der Waals surface area contributed by atoms with Crippen molar-refractivity contribution in [3.05, 3.63) is 58.6 Å². The first-order valence-electron chi connectivity index (χ1n) is 8.81. The summed E-state index contributed by atoms with van der Waals surface area (Å²) in [5, 5.41) is 7.03. The Morgan fingerprint density at radius 3 is 2.73 bits per heavy atom. The third-order valence-corrected chi connectivity index (χ3v) is 4.71. The quantitative estimate of drug-likeness (QED) is 0.781. The highest BCUT2D eigenvalue weighted by atomic mass is 16.2. The maximum atomic E-state index is 12.3. The van der Waals surface area contributed by atoms with E-state index in [0.717, 1.165) is 24.3 Å². The van der Waals surface area contributed by atoms with Gasteiger partial charge in [-0.15, -0.1) is 5.10 Å². The summed E-state index contributed by atoms with van der Waals surface area (Å²) in [5.74, 6) is -0.274. The summed E-state index contributed by atoms with van der Waals surface area (Å²) in [6.07, 6.45) is 4.09. The predicted molar refractivity (Wildman–Crippen MR) is 101 cm³/mol. The molecule has 0 saturated carbocycles. The fourth-order valence-corrected chi connectivity index (χ4v) is 3.45. The number of hydrogen-bond acceptors (Lipinski definition) is 4. The van der Waals surface area contributed by atoms with Crippen LogP contribution >= 0.6 is 0 Å². The zero-order valence-corrected chi connectivity index (χ0v) is 14.7. The zero-order valence-electron chi connectivity index (χ0n) is 14.7. The van der Waals surface area contributed by atoms with Gasteiger partial charge in [0.1, 0.15) is 6.54 Å². The molecule has 2 aromatic heterocycles. The molecule has 1 amide bonds. The molecule has 7 nitrogen and oxygen atoms in total. The number of anilines is 2. The van der Waals surface area contributed by atoms with Crippen LogP contribution in [-0.4, -0.2) is 33.2 Å². The minimum atomic E-state index is -0.323. The minimum absolute atomic E-state index is 0.118. The van der Waals surface area contributed by atoms with Gasteiger partial charge in [-0.1, -0.05) is 6.07 Å². The van der Waals surface area contributed by atoms with E-state index in [4.69, 9.17) is 0 Å². The second kappa shape index (κ2) is 6.67. The molecule has 1 aliphatic heterocycles. The number of nitrogens with zero attached hydrogens (tertiary/aromatic N) is 4. The molecule has 134 valence electrons. The number of pyridine rings is 1. The summed E-state index contributed by atoms with van der Waals surface area (Å²) in [6.45, 7) is 4.11. The summed E-state index contributed by atoms with van der Waals surface area (Å²) in [5.41, 5.74) is 3.28. The van der Waals surface area contributed by atoms with E-state index in [-0.39, 0.29) is 18.1 Å². The van der Waals surface area contributed by atoms with Gasteiger partial charge in [0.25, 0.3) is 0 Å². The molecule has 4 rings (SSSR count). The number of aromatic nitrogens is 3. The van der Waals surface area contributed by atoms with Gasteiger partial charge < -0.3 is 10.2 Å². The lowest BCUT2D eigenvalue weighted by Crippen LogP contribution is -2.28. The highest BCUT2D eigenvalue weighted by Crippen LogP contribution is 2.26. The van der Waals surface area contributed by atoms with E-state index in [1.807, 2.05) is 18.2 Å². The molecule has 1 N–H and O–H groups in total. The number of nitrogens with one attached hydrogen (secondary N) is 1. The smallest absolute Gasteiger partial charge is 0.350 e. The molecule has 0 aliphatic carbocycles. The van der Waals surface area contributed by atoms with E-state index in [1.165, 1.54) is 27.6 Å². The molecule has 3 aromatic rings. The molecular formula is C19H21N5O2. The molecule has 0 spiro atoms. The van der Waals surface area contributed by atoms with Gasteiger partial charge in [-0.2, -0.15) is 0 Å². The van der Waals surface area contributed by atoms with Crippen molar-refractivity contribution in [3.8, 4) is 0 Å². The maximum absolute atomic E-state index is 12.3. The van der Waals surface area contributed by atoms with Crippen molar-refractivity contribution in [3.63, 3.8) is 0 Å². The average molecular weight is 351 g/mol. The topological polar surface area (TPSA) is 71.6 Å². The average Bonchev–Trinajstić information content (AvgIpc) is 3.25. The second-order valence-corrected chi connectivity index (χ2v) is 6.61. The fraction of sp³-hybridized carbons (Fsp3) is 0.316. The van der Waals surface area contributed by atoms with Gasteiger partial charge in [-0.3, -0.25) is 9.20 Å². The van der Waals surface area contributed by atoms with E-state index in [0.29, 0.717) is 5.65 Å². The molecule has 26 heavy (non-hydrogen) atoms. The Labute approximate surface area is 150 Å². The van der Waals surface area contributed by atoms with Crippen molar-refractivity contribution in [2.45, 2.75) is 26.3 Å². The van der Waals surface area contributed by atoms with Crippen LogP contribution in [0.15, 0.2) is 47.4 Å². The number of aryl methyl sites for hydroxylation is 1. The third kappa shape index (κ3) is 3.08. The Morgan fingerprint density at radius 2 is 2.00 bits per heavy atom. The number of rotatable bonds is 4. The molecule has 0 bridgehead atoms. The largest absolute Gasteiger partial charge is 0.371 e. The lowest BCUT2D eigenvalue weighted by atomic mass is 10.1. The second-order valence-electron chi connectivity index (χ2n) is 6.61. The number of fused-ring (bicyclic) bond motifs is 1. The van der Waals surface area contributed by atoms with E-state index < -0.39 is 0 Å². The van der Waals surface area contributed by atoms with Crippen molar-refractivity contribution < 1.29 is 4.79 Å². The van der Waals surface area contributed by atoms with Crippen LogP contribution < -0.4 is 15.9 Å². The number of amides is 1. The van der Waals surface area contributed by atoms with Gasteiger partial charge in [0.05, 0.1) is 0 Å². The number of hydrogen-bond donors (Lipinski definition) is 1. The van der Waals surface area contributed by atoms with Crippen LogP contribution in [0, 0.1) is 6.92 Å². The molecule has 0 radical (unpaired) electrons. The highest BCUT2D eigenvalue weighted by Gasteiger charge is 2.15. The van der Waals surface area contributed by atoms with Crippen molar-refractivity contribution >= 4 is 22.9 Å². The van der Waals surface area contributed by atoms with Gasteiger partial charge in [-0.25, -0.2) is 9.48 Å². The van der Waals surface area contributed by atoms with Crippen LogP contribution in [0.5, 0.6) is 0 Å².